The number of benzene rings is 1. The van der Waals surface area contributed by atoms with E-state index in [-0.39, 0.29) is 12.0 Å². The zero-order valence-electron chi connectivity index (χ0n) is 14.5. The maximum absolute atomic E-state index is 12.6. The Kier molecular flexibility index (Phi) is 4.26. The van der Waals surface area contributed by atoms with Crippen LogP contribution in [0.2, 0.25) is 0 Å². The van der Waals surface area contributed by atoms with Crippen LogP contribution in [-0.2, 0) is 4.79 Å². The molecule has 2 heterocycles. The molecule has 0 unspecified atom stereocenters. The molecule has 2 aromatic heterocycles. The van der Waals surface area contributed by atoms with Crippen molar-refractivity contribution in [3.8, 4) is 0 Å². The Morgan fingerprint density at radius 2 is 2.00 bits per heavy atom. The minimum atomic E-state index is -0.00621. The molecule has 0 radical (unpaired) electrons. The van der Waals surface area contributed by atoms with Crippen molar-refractivity contribution in [2.24, 2.45) is 5.92 Å². The zero-order chi connectivity index (χ0) is 17.2. The molecule has 2 N–H and O–H groups in total. The van der Waals surface area contributed by atoms with Gasteiger partial charge in [-0.1, -0.05) is 6.42 Å². The van der Waals surface area contributed by atoms with Gasteiger partial charge in [0.2, 0.25) is 0 Å². The van der Waals surface area contributed by atoms with Gasteiger partial charge in [0.25, 0.3) is 0 Å². The van der Waals surface area contributed by atoms with E-state index in [1.807, 2.05) is 12.1 Å². The molecule has 4 nitrogen and oxygen atoms in total. The lowest BCUT2D eigenvalue weighted by molar-refractivity contribution is -0.125. The number of carbonyl (C=O) groups excluding carboxylic acids is 1. The van der Waals surface area contributed by atoms with Crippen LogP contribution < -0.4 is 5.32 Å². The van der Waals surface area contributed by atoms with Gasteiger partial charge in [-0.15, -0.1) is 0 Å². The van der Waals surface area contributed by atoms with E-state index in [1.54, 1.807) is 12.4 Å². The summed E-state index contributed by atoms with van der Waals surface area (Å²) in [5, 5.41) is 4.82. The maximum atomic E-state index is 12.6. The fraction of sp³-hybridized carbons (Fsp3) is 0.333. The number of aryl methyl sites for hydroxylation is 1. The van der Waals surface area contributed by atoms with Gasteiger partial charge < -0.3 is 10.3 Å². The third kappa shape index (κ3) is 3.29. The monoisotopic (exact) mass is 333 g/mol. The molecule has 1 aliphatic rings. The second kappa shape index (κ2) is 6.71. The van der Waals surface area contributed by atoms with Gasteiger partial charge in [-0.05, 0) is 61.7 Å². The average molecular weight is 333 g/mol. The topological polar surface area (TPSA) is 57.8 Å². The number of fused-ring (bicyclic) bond motifs is 1. The van der Waals surface area contributed by atoms with Crippen LogP contribution in [-0.4, -0.2) is 15.8 Å². The van der Waals surface area contributed by atoms with E-state index in [0.29, 0.717) is 12.2 Å². The largest absolute Gasteiger partial charge is 0.377 e. The number of hydrogen-bond donors (Lipinski definition) is 2. The summed E-state index contributed by atoms with van der Waals surface area (Å²) in [6.07, 6.45) is 7.39. The number of Topliss-reactive ketones (excluding diaryl/α,β-unsaturated/α-hetero) is 1. The van der Waals surface area contributed by atoms with Gasteiger partial charge in [-0.2, -0.15) is 0 Å². The normalized spacial score (nSPS) is 19.1. The van der Waals surface area contributed by atoms with Crippen LogP contribution in [0.25, 0.3) is 10.9 Å². The van der Waals surface area contributed by atoms with E-state index in [4.69, 9.17) is 0 Å². The van der Waals surface area contributed by atoms with Crippen molar-refractivity contribution >= 4 is 22.4 Å². The number of aromatic amines is 1. The number of carbonyl (C=O) groups is 1. The molecule has 0 saturated heterocycles. The van der Waals surface area contributed by atoms with Crippen molar-refractivity contribution in [2.75, 3.05) is 5.32 Å². The summed E-state index contributed by atoms with van der Waals surface area (Å²) in [5.41, 5.74) is 4.46. The molecule has 0 amide bonds. The molecule has 4 rings (SSSR count). The average Bonchev–Trinajstić information content (AvgIpc) is 3.00. The maximum Gasteiger partial charge on any atom is 0.138 e. The molecule has 25 heavy (non-hydrogen) atoms. The molecule has 0 aliphatic heterocycles. The van der Waals surface area contributed by atoms with Gasteiger partial charge in [0.1, 0.15) is 5.78 Å². The lowest BCUT2D eigenvalue weighted by Gasteiger charge is -2.31. The van der Waals surface area contributed by atoms with Gasteiger partial charge in [-0.3, -0.25) is 9.78 Å². The molecule has 2 atom stereocenters. The highest BCUT2D eigenvalue weighted by Gasteiger charge is 2.31. The minimum Gasteiger partial charge on any atom is -0.377 e. The Balaban J connectivity index is 1.68. The second-order valence-corrected chi connectivity index (χ2v) is 6.98. The van der Waals surface area contributed by atoms with Gasteiger partial charge >= 0.3 is 0 Å². The lowest BCUT2D eigenvalue weighted by Crippen LogP contribution is -2.30. The van der Waals surface area contributed by atoms with Crippen LogP contribution in [0.4, 0.5) is 5.69 Å². The molecule has 0 bridgehead atoms. The van der Waals surface area contributed by atoms with E-state index in [9.17, 15) is 4.79 Å². The van der Waals surface area contributed by atoms with Gasteiger partial charge in [0.15, 0.2) is 0 Å². The van der Waals surface area contributed by atoms with Crippen molar-refractivity contribution < 1.29 is 4.79 Å². The first kappa shape index (κ1) is 15.9. The number of ketones is 1. The minimum absolute atomic E-state index is 0.00621. The first-order chi connectivity index (χ1) is 12.2. The van der Waals surface area contributed by atoms with Crippen molar-refractivity contribution in [2.45, 2.75) is 38.6 Å². The molecular weight excluding hydrogens is 310 g/mol. The van der Waals surface area contributed by atoms with Crippen LogP contribution >= 0.6 is 0 Å². The summed E-state index contributed by atoms with van der Waals surface area (Å²) in [5.74, 6) is 0.402. The molecule has 1 aliphatic carbocycles. The molecule has 0 spiro atoms. The quantitative estimate of drug-likeness (QED) is 0.722. The van der Waals surface area contributed by atoms with E-state index < -0.39 is 0 Å². The third-order valence-corrected chi connectivity index (χ3v) is 5.15. The Hall–Kier alpha value is -2.62. The predicted octanol–water partition coefficient (Wildman–Crippen LogP) is 4.78. The van der Waals surface area contributed by atoms with Crippen LogP contribution in [0.3, 0.4) is 0 Å². The van der Waals surface area contributed by atoms with Crippen molar-refractivity contribution in [3.63, 3.8) is 0 Å². The van der Waals surface area contributed by atoms with Crippen molar-refractivity contribution in [1.82, 2.24) is 9.97 Å². The van der Waals surface area contributed by atoms with E-state index >= 15 is 0 Å². The van der Waals surface area contributed by atoms with Crippen LogP contribution in [0, 0.1) is 12.8 Å². The van der Waals surface area contributed by atoms with Gasteiger partial charge in [0, 0.05) is 47.0 Å². The number of aromatic nitrogens is 2. The van der Waals surface area contributed by atoms with Gasteiger partial charge in [-0.25, -0.2) is 0 Å². The Morgan fingerprint density at radius 3 is 2.80 bits per heavy atom. The first-order valence-electron chi connectivity index (χ1n) is 8.99. The summed E-state index contributed by atoms with van der Waals surface area (Å²) in [6.45, 7) is 2.06. The smallest absolute Gasteiger partial charge is 0.138 e. The summed E-state index contributed by atoms with van der Waals surface area (Å²) in [4.78, 5) is 20.0. The molecule has 1 saturated carbocycles. The Bertz CT molecular complexity index is 885. The number of anilines is 1. The SMILES string of the molecule is Cc1cc2cc(N[C@@H](c3ccncc3)[C@@H]3CCCCC3=O)ccc2[nH]1. The fourth-order valence-electron chi connectivity index (χ4n) is 3.90. The Labute approximate surface area is 147 Å². The van der Waals surface area contributed by atoms with E-state index in [0.717, 1.165) is 41.7 Å². The molecule has 1 fully saturated rings. The number of H-pyrrole nitrogens is 1. The first-order valence-corrected chi connectivity index (χ1v) is 8.99. The van der Waals surface area contributed by atoms with Gasteiger partial charge in [0.05, 0.1) is 6.04 Å². The molecule has 3 aromatic rings. The highest BCUT2D eigenvalue weighted by Crippen LogP contribution is 2.35. The van der Waals surface area contributed by atoms with E-state index in [1.165, 1.54) is 5.39 Å². The van der Waals surface area contributed by atoms with Crippen LogP contribution in [0.15, 0.2) is 48.8 Å². The van der Waals surface area contributed by atoms with Crippen molar-refractivity contribution in [1.29, 1.82) is 0 Å². The lowest BCUT2D eigenvalue weighted by atomic mass is 9.80. The number of pyridine rings is 1. The number of hydrogen-bond acceptors (Lipinski definition) is 3. The summed E-state index contributed by atoms with van der Waals surface area (Å²) < 4.78 is 0. The Morgan fingerprint density at radius 1 is 1.16 bits per heavy atom. The zero-order valence-corrected chi connectivity index (χ0v) is 14.5. The van der Waals surface area contributed by atoms with Crippen LogP contribution in [0.5, 0.6) is 0 Å². The highest BCUT2D eigenvalue weighted by molar-refractivity contribution is 5.85. The number of nitrogens with zero attached hydrogens (tertiary/aromatic N) is 1. The third-order valence-electron chi connectivity index (χ3n) is 5.15. The number of nitrogens with one attached hydrogen (secondary N) is 2. The molecule has 128 valence electrons. The molecule has 4 heteroatoms. The van der Waals surface area contributed by atoms with Crippen molar-refractivity contribution in [3.05, 3.63) is 60.0 Å². The van der Waals surface area contributed by atoms with Crippen LogP contribution in [0.1, 0.15) is 43.0 Å². The van der Waals surface area contributed by atoms with E-state index in [2.05, 4.69) is 46.5 Å². The summed E-state index contributed by atoms with van der Waals surface area (Å²) in [7, 11) is 0. The number of rotatable bonds is 4. The standard InChI is InChI=1S/C21H23N3O/c1-14-12-16-13-17(6-7-19(16)23-14)24-21(15-8-10-22-11-9-15)18-4-2-3-5-20(18)25/h6-13,18,21,23-24H,2-5H2,1H3/t18-,21+/m1/s1. The summed E-state index contributed by atoms with van der Waals surface area (Å²) >= 11 is 0. The predicted molar refractivity (Wildman–Crippen MR) is 101 cm³/mol. The fourth-order valence-corrected chi connectivity index (χ4v) is 3.90. The molecular formula is C21H23N3O. The second-order valence-electron chi connectivity index (χ2n) is 6.98. The molecule has 1 aromatic carbocycles. The summed E-state index contributed by atoms with van der Waals surface area (Å²) in [6, 6.07) is 12.5. The highest BCUT2D eigenvalue weighted by atomic mass is 16.1.